The third-order valence-corrected chi connectivity index (χ3v) is 2.80. The molecule has 1 unspecified atom stereocenters. The Hall–Kier alpha value is -1.23. The number of hydrogen-bond acceptors (Lipinski definition) is 3. The molecule has 0 spiro atoms. The Kier molecular flexibility index (Phi) is 3.57. The lowest BCUT2D eigenvalue weighted by Gasteiger charge is -2.21. The van der Waals surface area contributed by atoms with Gasteiger partial charge in [0.2, 0.25) is 0 Å². The van der Waals surface area contributed by atoms with Crippen molar-refractivity contribution in [2.45, 2.75) is 32.1 Å². The van der Waals surface area contributed by atoms with Crippen LogP contribution in [-0.4, -0.2) is 40.3 Å². The van der Waals surface area contributed by atoms with Crippen molar-refractivity contribution in [3.05, 3.63) is 23.0 Å². The van der Waals surface area contributed by atoms with Crippen LogP contribution >= 0.6 is 11.6 Å². The number of nitrogens with zero attached hydrogens (tertiary/aromatic N) is 4. The van der Waals surface area contributed by atoms with Gasteiger partial charge < -0.3 is 4.90 Å². The molecule has 0 radical (unpaired) electrons. The zero-order valence-corrected chi connectivity index (χ0v) is 10.5. The molecule has 0 aromatic carbocycles. The highest BCUT2D eigenvalue weighted by atomic mass is 35.5. The predicted octanol–water partition coefficient (Wildman–Crippen LogP) is 2.29. The van der Waals surface area contributed by atoms with Gasteiger partial charge in [-0.25, -0.2) is 9.38 Å². The van der Waals surface area contributed by atoms with Gasteiger partial charge in [0, 0.05) is 18.7 Å². The van der Waals surface area contributed by atoms with Crippen LogP contribution in [-0.2, 0) is 0 Å². The first-order chi connectivity index (χ1) is 8.08. The number of alkyl halides is 1. The monoisotopic (exact) mass is 256 g/mol. The lowest BCUT2D eigenvalue weighted by Crippen LogP contribution is -2.30. The molecule has 0 saturated heterocycles. The number of rotatable bonds is 3. The lowest BCUT2D eigenvalue weighted by atomic mass is 10.2. The van der Waals surface area contributed by atoms with Crippen LogP contribution in [0.15, 0.2) is 17.3 Å². The molecule has 0 bridgehead atoms. The molecule has 92 valence electrons. The third kappa shape index (κ3) is 3.12. The topological polar surface area (TPSA) is 41.4 Å². The highest BCUT2D eigenvalue weighted by Crippen LogP contribution is 2.27. The first kappa shape index (κ1) is 12.2. The molecule has 1 aliphatic carbocycles. The number of aromatic nitrogens is 2. The summed E-state index contributed by atoms with van der Waals surface area (Å²) in [5.41, 5.74) is 0.698. The predicted molar refractivity (Wildman–Crippen MR) is 64.9 cm³/mol. The van der Waals surface area contributed by atoms with Gasteiger partial charge in [0.25, 0.3) is 0 Å². The van der Waals surface area contributed by atoms with E-state index in [1.54, 1.807) is 12.3 Å². The van der Waals surface area contributed by atoms with Crippen LogP contribution < -0.4 is 0 Å². The Morgan fingerprint density at radius 3 is 2.88 bits per heavy atom. The number of halogens is 2. The highest BCUT2D eigenvalue weighted by Gasteiger charge is 2.29. The van der Waals surface area contributed by atoms with Crippen LogP contribution in [0, 0.1) is 0 Å². The molecule has 2 rings (SSSR count). The van der Waals surface area contributed by atoms with Gasteiger partial charge in [0.15, 0.2) is 11.4 Å². The summed E-state index contributed by atoms with van der Waals surface area (Å²) in [7, 11) is 1.91. The molecule has 1 aromatic heterocycles. The summed E-state index contributed by atoms with van der Waals surface area (Å²) in [5, 5.41) is 7.72. The van der Waals surface area contributed by atoms with Crippen molar-refractivity contribution in [2.75, 3.05) is 7.05 Å². The summed E-state index contributed by atoms with van der Waals surface area (Å²) < 4.78 is 13.1. The van der Waals surface area contributed by atoms with Crippen LogP contribution in [0.5, 0.6) is 0 Å². The molecule has 0 amide bonds. The maximum Gasteiger partial charge on any atom is 0.189 e. The van der Waals surface area contributed by atoms with Crippen molar-refractivity contribution in [1.82, 2.24) is 15.1 Å². The molecule has 6 heteroatoms. The summed E-state index contributed by atoms with van der Waals surface area (Å²) in [5.74, 6) is 0.583. The van der Waals surface area contributed by atoms with Crippen molar-refractivity contribution in [1.29, 1.82) is 0 Å². The van der Waals surface area contributed by atoms with Gasteiger partial charge >= 0.3 is 0 Å². The Balaban J connectivity index is 2.32. The van der Waals surface area contributed by atoms with Gasteiger partial charge in [-0.05, 0) is 25.8 Å². The van der Waals surface area contributed by atoms with Crippen LogP contribution in [0.25, 0.3) is 0 Å². The Morgan fingerprint density at radius 1 is 1.65 bits per heavy atom. The smallest absolute Gasteiger partial charge is 0.189 e. The number of hydrogen-bond donors (Lipinski definition) is 0. The number of aliphatic imine (C=N–C) groups is 1. The van der Waals surface area contributed by atoms with E-state index in [4.69, 9.17) is 11.6 Å². The maximum absolute atomic E-state index is 13.1. The molecule has 17 heavy (non-hydrogen) atoms. The van der Waals surface area contributed by atoms with Gasteiger partial charge in [-0.1, -0.05) is 11.6 Å². The van der Waals surface area contributed by atoms with Gasteiger partial charge in [0.05, 0.1) is 6.20 Å². The molecule has 4 nitrogen and oxygen atoms in total. The van der Waals surface area contributed by atoms with Crippen molar-refractivity contribution >= 4 is 17.4 Å². The van der Waals surface area contributed by atoms with Gasteiger partial charge in [-0.15, -0.1) is 5.10 Å². The average Bonchev–Trinajstić information content (AvgIpc) is 3.08. The van der Waals surface area contributed by atoms with Crippen LogP contribution in [0.1, 0.15) is 25.3 Å². The third-order valence-electron chi connectivity index (χ3n) is 2.61. The molecular formula is C11H14ClFN4. The van der Waals surface area contributed by atoms with Crippen LogP contribution in [0.3, 0.4) is 0 Å². The summed E-state index contributed by atoms with van der Waals surface area (Å²) in [6.07, 6.45) is 2.52. The molecule has 1 fully saturated rings. The first-order valence-electron chi connectivity index (χ1n) is 5.51. The Labute approximate surface area is 105 Å². The average molecular weight is 257 g/mol. The second-order valence-electron chi connectivity index (χ2n) is 4.14. The van der Waals surface area contributed by atoms with Crippen LogP contribution in [0.2, 0.25) is 5.15 Å². The van der Waals surface area contributed by atoms with E-state index in [0.29, 0.717) is 17.4 Å². The van der Waals surface area contributed by atoms with E-state index in [0.717, 1.165) is 12.8 Å². The molecule has 0 N–H and O–H groups in total. The van der Waals surface area contributed by atoms with E-state index in [9.17, 15) is 4.39 Å². The molecule has 0 aliphatic heterocycles. The Bertz CT molecular complexity index is 431. The van der Waals surface area contributed by atoms with E-state index < -0.39 is 6.30 Å². The van der Waals surface area contributed by atoms with Crippen molar-refractivity contribution < 1.29 is 4.39 Å². The van der Waals surface area contributed by atoms with E-state index in [-0.39, 0.29) is 5.15 Å². The van der Waals surface area contributed by atoms with E-state index in [1.807, 2.05) is 11.9 Å². The second-order valence-corrected chi connectivity index (χ2v) is 4.52. The zero-order valence-electron chi connectivity index (χ0n) is 9.77. The molecule has 1 aromatic rings. The normalized spacial score (nSPS) is 18.0. The van der Waals surface area contributed by atoms with E-state index >= 15 is 0 Å². The fraction of sp³-hybridized carbons (Fsp3) is 0.545. The summed E-state index contributed by atoms with van der Waals surface area (Å²) in [6, 6.07) is 2.09. The molecule has 1 saturated carbocycles. The zero-order chi connectivity index (χ0) is 12.4. The maximum atomic E-state index is 13.1. The summed E-state index contributed by atoms with van der Waals surface area (Å²) in [6.45, 7) is 1.40. The van der Waals surface area contributed by atoms with Gasteiger partial charge in [-0.3, -0.25) is 0 Å². The molecule has 1 atom stereocenters. The van der Waals surface area contributed by atoms with Crippen molar-refractivity contribution in [2.24, 2.45) is 4.99 Å². The van der Waals surface area contributed by atoms with Crippen molar-refractivity contribution in [3.8, 4) is 0 Å². The standard InChI is InChI=1S/C11H14ClFN4/c1-7(13)15-11(17(2)9-3-4-9)8-5-10(12)16-14-6-8/h5-7,9H,3-4H2,1-2H3. The molecule has 1 heterocycles. The summed E-state index contributed by atoms with van der Waals surface area (Å²) >= 11 is 5.78. The van der Waals surface area contributed by atoms with Gasteiger partial charge in [0.1, 0.15) is 5.84 Å². The molecule has 1 aliphatic rings. The lowest BCUT2D eigenvalue weighted by molar-refractivity contribution is 0.368. The van der Waals surface area contributed by atoms with E-state index in [2.05, 4.69) is 15.2 Å². The molecular weight excluding hydrogens is 243 g/mol. The van der Waals surface area contributed by atoms with Gasteiger partial charge in [-0.2, -0.15) is 5.10 Å². The SMILES string of the molecule is CC(F)N=C(c1cnnc(Cl)c1)N(C)C1CC1. The largest absolute Gasteiger partial charge is 0.356 e. The first-order valence-corrected chi connectivity index (χ1v) is 5.89. The fourth-order valence-electron chi connectivity index (χ4n) is 1.64. The highest BCUT2D eigenvalue weighted by molar-refractivity contribution is 6.29. The second kappa shape index (κ2) is 4.96. The summed E-state index contributed by atoms with van der Waals surface area (Å²) in [4.78, 5) is 5.97. The minimum Gasteiger partial charge on any atom is -0.356 e. The fourth-order valence-corrected chi connectivity index (χ4v) is 1.80. The number of amidine groups is 1. The minimum atomic E-state index is -1.25. The Morgan fingerprint density at radius 2 is 2.35 bits per heavy atom. The quantitative estimate of drug-likeness (QED) is 0.473. The van der Waals surface area contributed by atoms with Crippen LogP contribution in [0.4, 0.5) is 4.39 Å². The van der Waals surface area contributed by atoms with Crippen molar-refractivity contribution in [3.63, 3.8) is 0 Å². The van der Waals surface area contributed by atoms with E-state index in [1.165, 1.54) is 6.92 Å². The minimum absolute atomic E-state index is 0.283.